The number of nitrogens with zero attached hydrogens (tertiary/aromatic N) is 2. The number of likely N-dealkylation sites (tertiary alicyclic amines) is 2. The zero-order valence-electron chi connectivity index (χ0n) is 14.7. The predicted octanol–water partition coefficient (Wildman–Crippen LogP) is 2.22. The van der Waals surface area contributed by atoms with Gasteiger partial charge in [0.1, 0.15) is 0 Å². The van der Waals surface area contributed by atoms with Gasteiger partial charge in [-0.3, -0.25) is 9.59 Å². The van der Waals surface area contributed by atoms with Crippen molar-refractivity contribution in [3.05, 3.63) is 11.6 Å². The number of rotatable bonds is 4. The molecule has 0 aromatic carbocycles. The van der Waals surface area contributed by atoms with E-state index < -0.39 is 24.3 Å². The Labute approximate surface area is 147 Å². The van der Waals surface area contributed by atoms with E-state index in [-0.39, 0.29) is 18.4 Å². The zero-order chi connectivity index (χ0) is 18.1. The number of carbonyl (C=O) groups excluding carboxylic acids is 2. The van der Waals surface area contributed by atoms with Crippen molar-refractivity contribution < 1.29 is 23.1 Å². The first-order valence-corrected chi connectivity index (χ1v) is 9.01. The summed E-state index contributed by atoms with van der Waals surface area (Å²) in [5.41, 5.74) is -0.527. The highest BCUT2D eigenvalue weighted by atomic mass is 19.3. The Hall–Kier alpha value is -1.50. The first kappa shape index (κ1) is 18.3. The molecular formula is C18H26F2N2O3. The second kappa shape index (κ2) is 7.02. The van der Waals surface area contributed by atoms with Gasteiger partial charge < -0.3 is 14.5 Å². The van der Waals surface area contributed by atoms with Crippen LogP contribution in [-0.4, -0.2) is 67.4 Å². The molecule has 3 aliphatic rings. The van der Waals surface area contributed by atoms with Gasteiger partial charge in [0.05, 0.1) is 18.6 Å². The summed E-state index contributed by atoms with van der Waals surface area (Å²) in [6, 6.07) is 0. The lowest BCUT2D eigenvalue weighted by molar-refractivity contribution is -0.161. The lowest BCUT2D eigenvalue weighted by Gasteiger charge is -2.43. The fraction of sp³-hybridized carbons (Fsp3) is 0.778. The Morgan fingerprint density at radius 2 is 2.12 bits per heavy atom. The normalized spacial score (nSPS) is 29.2. The summed E-state index contributed by atoms with van der Waals surface area (Å²) < 4.78 is 33.8. The second-order valence-corrected chi connectivity index (χ2v) is 7.48. The smallest absolute Gasteiger partial charge is 0.266 e. The number of amides is 2. The van der Waals surface area contributed by atoms with Crippen LogP contribution >= 0.6 is 0 Å². The van der Waals surface area contributed by atoms with Crippen molar-refractivity contribution in [3.63, 3.8) is 0 Å². The number of methoxy groups -OCH3 is 1. The summed E-state index contributed by atoms with van der Waals surface area (Å²) in [6.07, 6.45) is 5.17. The molecule has 2 saturated heterocycles. The second-order valence-electron chi connectivity index (χ2n) is 7.48. The predicted molar refractivity (Wildman–Crippen MR) is 88.2 cm³/mol. The van der Waals surface area contributed by atoms with Gasteiger partial charge in [-0.15, -0.1) is 0 Å². The van der Waals surface area contributed by atoms with Crippen LogP contribution in [-0.2, 0) is 14.3 Å². The van der Waals surface area contributed by atoms with Gasteiger partial charge in [0.15, 0.2) is 0 Å². The number of carbonyl (C=O) groups is 2. The van der Waals surface area contributed by atoms with Crippen LogP contribution in [0.2, 0.25) is 0 Å². The minimum atomic E-state index is -3.03. The molecule has 0 bridgehead atoms. The maximum absolute atomic E-state index is 14.4. The van der Waals surface area contributed by atoms with E-state index in [9.17, 15) is 18.4 Å². The van der Waals surface area contributed by atoms with E-state index in [4.69, 9.17) is 4.74 Å². The molecule has 1 aliphatic carbocycles. The molecule has 5 nitrogen and oxygen atoms in total. The monoisotopic (exact) mass is 356 g/mol. The van der Waals surface area contributed by atoms with Gasteiger partial charge in [-0.25, -0.2) is 8.78 Å². The minimum Gasteiger partial charge on any atom is -0.383 e. The van der Waals surface area contributed by atoms with Crippen LogP contribution in [0.4, 0.5) is 8.78 Å². The first-order chi connectivity index (χ1) is 11.9. The lowest BCUT2D eigenvalue weighted by Crippen LogP contribution is -2.57. The molecule has 140 valence electrons. The lowest BCUT2D eigenvalue weighted by atomic mass is 9.76. The number of hydrogen-bond acceptors (Lipinski definition) is 3. The molecular weight excluding hydrogens is 330 g/mol. The molecule has 1 atom stereocenters. The molecule has 0 aromatic rings. The molecule has 1 spiro atoms. The number of ether oxygens (including phenoxy) is 1. The van der Waals surface area contributed by atoms with Gasteiger partial charge in [-0.1, -0.05) is 6.08 Å². The SMILES string of the molecule is COCCN1CC[C@@]2(CN(C(=O)C3=CCCCC3)CC(F)(F)C2)C1=O. The topological polar surface area (TPSA) is 49.9 Å². The number of hydrogen-bond donors (Lipinski definition) is 0. The summed E-state index contributed by atoms with van der Waals surface area (Å²) in [7, 11) is 1.55. The van der Waals surface area contributed by atoms with E-state index in [0.717, 1.165) is 19.3 Å². The number of allylic oxidation sites excluding steroid dienone is 1. The fourth-order valence-electron chi connectivity index (χ4n) is 4.30. The van der Waals surface area contributed by atoms with Crippen molar-refractivity contribution in [2.45, 2.75) is 44.4 Å². The largest absolute Gasteiger partial charge is 0.383 e. The third kappa shape index (κ3) is 3.71. The molecule has 7 heteroatoms. The van der Waals surface area contributed by atoms with Gasteiger partial charge >= 0.3 is 0 Å². The molecule has 2 fully saturated rings. The molecule has 0 radical (unpaired) electrons. The van der Waals surface area contributed by atoms with Crippen molar-refractivity contribution >= 4 is 11.8 Å². The Morgan fingerprint density at radius 3 is 2.80 bits per heavy atom. The summed E-state index contributed by atoms with van der Waals surface area (Å²) in [6.45, 7) is 0.746. The Morgan fingerprint density at radius 1 is 1.32 bits per heavy atom. The van der Waals surface area contributed by atoms with E-state index in [1.165, 1.54) is 4.90 Å². The highest BCUT2D eigenvalue weighted by molar-refractivity contribution is 5.94. The third-order valence-electron chi connectivity index (χ3n) is 5.53. The van der Waals surface area contributed by atoms with E-state index in [0.29, 0.717) is 38.1 Å². The number of halogens is 2. The van der Waals surface area contributed by atoms with Gasteiger partial charge in [0, 0.05) is 38.7 Å². The van der Waals surface area contributed by atoms with Crippen LogP contribution in [0.5, 0.6) is 0 Å². The molecule has 0 aromatic heterocycles. The third-order valence-corrected chi connectivity index (χ3v) is 5.53. The molecule has 2 aliphatic heterocycles. The molecule has 3 rings (SSSR count). The summed E-state index contributed by atoms with van der Waals surface area (Å²) >= 11 is 0. The van der Waals surface area contributed by atoms with Crippen LogP contribution in [0.3, 0.4) is 0 Å². The van der Waals surface area contributed by atoms with Crippen LogP contribution < -0.4 is 0 Å². The molecule has 2 amide bonds. The van der Waals surface area contributed by atoms with Crippen LogP contribution in [0.15, 0.2) is 11.6 Å². The summed E-state index contributed by atoms with van der Waals surface area (Å²) in [5, 5.41) is 0. The summed E-state index contributed by atoms with van der Waals surface area (Å²) in [5.74, 6) is -3.61. The average Bonchev–Trinajstić information content (AvgIpc) is 2.87. The quantitative estimate of drug-likeness (QED) is 0.776. The Bertz CT molecular complexity index is 579. The maximum atomic E-state index is 14.4. The number of piperidine rings is 1. The average molecular weight is 356 g/mol. The van der Waals surface area contributed by atoms with Crippen molar-refractivity contribution in [2.75, 3.05) is 39.9 Å². The van der Waals surface area contributed by atoms with Crippen molar-refractivity contribution in [2.24, 2.45) is 5.41 Å². The Balaban J connectivity index is 1.78. The molecule has 2 heterocycles. The number of alkyl halides is 2. The molecule has 25 heavy (non-hydrogen) atoms. The molecule has 0 saturated carbocycles. The van der Waals surface area contributed by atoms with Gasteiger partial charge in [0.25, 0.3) is 5.92 Å². The van der Waals surface area contributed by atoms with Crippen molar-refractivity contribution in [1.82, 2.24) is 9.80 Å². The summed E-state index contributed by atoms with van der Waals surface area (Å²) in [4.78, 5) is 28.3. The fourth-order valence-corrected chi connectivity index (χ4v) is 4.30. The van der Waals surface area contributed by atoms with Crippen LogP contribution in [0, 0.1) is 5.41 Å². The van der Waals surface area contributed by atoms with Crippen molar-refractivity contribution in [3.8, 4) is 0 Å². The maximum Gasteiger partial charge on any atom is 0.266 e. The van der Waals surface area contributed by atoms with Gasteiger partial charge in [0.2, 0.25) is 11.8 Å². The molecule has 0 N–H and O–H groups in total. The molecule has 0 unspecified atom stereocenters. The van der Waals surface area contributed by atoms with Gasteiger partial charge in [-0.2, -0.15) is 0 Å². The van der Waals surface area contributed by atoms with Crippen LogP contribution in [0.1, 0.15) is 38.5 Å². The van der Waals surface area contributed by atoms with Crippen molar-refractivity contribution in [1.29, 1.82) is 0 Å². The standard InChI is InChI=1S/C18H26F2N2O3/c1-25-10-9-21-8-7-17(16(21)24)11-18(19,20)13-22(12-17)15(23)14-5-3-2-4-6-14/h5H,2-4,6-13H2,1H3/t17-/m1/s1. The van der Waals surface area contributed by atoms with E-state index in [1.807, 2.05) is 6.08 Å². The van der Waals surface area contributed by atoms with Crippen LogP contribution in [0.25, 0.3) is 0 Å². The first-order valence-electron chi connectivity index (χ1n) is 9.01. The van der Waals surface area contributed by atoms with E-state index in [2.05, 4.69) is 0 Å². The minimum absolute atomic E-state index is 0.0983. The zero-order valence-corrected chi connectivity index (χ0v) is 14.7. The Kier molecular flexibility index (Phi) is 5.14. The van der Waals surface area contributed by atoms with E-state index >= 15 is 0 Å². The highest BCUT2D eigenvalue weighted by Crippen LogP contribution is 2.46. The highest BCUT2D eigenvalue weighted by Gasteiger charge is 2.57. The van der Waals surface area contributed by atoms with E-state index in [1.54, 1.807) is 12.0 Å². The van der Waals surface area contributed by atoms with Gasteiger partial charge in [-0.05, 0) is 32.1 Å².